The van der Waals surface area contributed by atoms with Gasteiger partial charge in [-0.3, -0.25) is 13.9 Å². The molecule has 0 fully saturated rings. The average Bonchev–Trinajstić information content (AvgIpc) is 2.92. The Bertz CT molecular complexity index is 1400. The molecule has 0 spiro atoms. The number of amides is 2. The van der Waals surface area contributed by atoms with Crippen LogP contribution in [0.15, 0.2) is 77.7 Å². The molecule has 0 aliphatic heterocycles. The van der Waals surface area contributed by atoms with E-state index in [0.717, 1.165) is 26.6 Å². The van der Waals surface area contributed by atoms with Crippen molar-refractivity contribution >= 4 is 27.5 Å². The lowest BCUT2D eigenvalue weighted by Gasteiger charge is -2.33. The summed E-state index contributed by atoms with van der Waals surface area (Å²) < 4.78 is 29.1. The lowest BCUT2D eigenvalue weighted by molar-refractivity contribution is -0.140. The molecule has 0 radical (unpaired) electrons. The van der Waals surface area contributed by atoms with Crippen LogP contribution >= 0.6 is 0 Å². The minimum absolute atomic E-state index is 0.0971. The Hall–Kier alpha value is -3.65. The highest BCUT2D eigenvalue weighted by molar-refractivity contribution is 7.92. The number of anilines is 1. The molecule has 1 N–H and O–H groups in total. The first-order valence-corrected chi connectivity index (χ1v) is 15.2. The van der Waals surface area contributed by atoms with Crippen molar-refractivity contribution in [3.63, 3.8) is 0 Å². The lowest BCUT2D eigenvalue weighted by Crippen LogP contribution is -2.52. The van der Waals surface area contributed by atoms with Crippen molar-refractivity contribution in [2.24, 2.45) is 0 Å². The molecule has 0 bridgehead atoms. The third-order valence-corrected chi connectivity index (χ3v) is 8.70. The van der Waals surface area contributed by atoms with Gasteiger partial charge in [0.1, 0.15) is 12.6 Å². The molecule has 0 unspecified atom stereocenters. The molecular weight excluding hydrogens is 522 g/mol. The fourth-order valence-corrected chi connectivity index (χ4v) is 6.02. The summed E-state index contributed by atoms with van der Waals surface area (Å²) in [5, 5.41) is 2.83. The third-order valence-electron chi connectivity index (χ3n) is 6.91. The van der Waals surface area contributed by atoms with Gasteiger partial charge in [-0.1, -0.05) is 80.4 Å². The zero-order chi connectivity index (χ0) is 29.4. The molecule has 0 aliphatic rings. The molecule has 8 heteroatoms. The maximum atomic E-state index is 14.1. The molecule has 0 saturated carbocycles. The van der Waals surface area contributed by atoms with E-state index in [-0.39, 0.29) is 23.3 Å². The Morgan fingerprint density at radius 3 is 2.08 bits per heavy atom. The van der Waals surface area contributed by atoms with E-state index >= 15 is 0 Å². The minimum atomic E-state index is -4.09. The van der Waals surface area contributed by atoms with Crippen LogP contribution < -0.4 is 9.62 Å². The SMILES string of the molecule is CCNC(=O)[C@H](CC)N(Cc1cccc(C)c1)C(=O)CN(c1ccc(C(C)C)cc1)S(=O)(=O)c1ccc(C)cc1. The van der Waals surface area contributed by atoms with E-state index < -0.39 is 28.5 Å². The second-order valence-electron chi connectivity index (χ2n) is 10.4. The van der Waals surface area contributed by atoms with Crippen molar-refractivity contribution in [1.29, 1.82) is 0 Å². The van der Waals surface area contributed by atoms with Gasteiger partial charge in [-0.15, -0.1) is 0 Å². The van der Waals surface area contributed by atoms with Crippen molar-refractivity contribution in [1.82, 2.24) is 10.2 Å². The highest BCUT2D eigenvalue weighted by atomic mass is 32.2. The molecule has 1 atom stereocenters. The van der Waals surface area contributed by atoms with E-state index in [1.165, 1.54) is 4.90 Å². The van der Waals surface area contributed by atoms with E-state index in [2.05, 4.69) is 19.2 Å². The molecule has 40 heavy (non-hydrogen) atoms. The zero-order valence-corrected chi connectivity index (χ0v) is 25.2. The van der Waals surface area contributed by atoms with E-state index in [0.29, 0.717) is 18.7 Å². The van der Waals surface area contributed by atoms with Crippen LogP contribution in [0.25, 0.3) is 0 Å². The fourth-order valence-electron chi connectivity index (χ4n) is 4.61. The summed E-state index contributed by atoms with van der Waals surface area (Å²) in [6, 6.07) is 20.8. The van der Waals surface area contributed by atoms with E-state index in [9.17, 15) is 18.0 Å². The number of carbonyl (C=O) groups is 2. The monoisotopic (exact) mass is 563 g/mol. The van der Waals surface area contributed by atoms with Gasteiger partial charge in [-0.2, -0.15) is 0 Å². The van der Waals surface area contributed by atoms with Gasteiger partial charge in [0.25, 0.3) is 10.0 Å². The van der Waals surface area contributed by atoms with Crippen LogP contribution in [0.2, 0.25) is 0 Å². The van der Waals surface area contributed by atoms with Crippen LogP contribution in [-0.2, 0) is 26.2 Å². The van der Waals surface area contributed by atoms with Crippen molar-refractivity contribution in [3.8, 4) is 0 Å². The highest BCUT2D eigenvalue weighted by Gasteiger charge is 2.33. The number of aryl methyl sites for hydroxylation is 2. The van der Waals surface area contributed by atoms with E-state index in [1.807, 2.05) is 64.1 Å². The van der Waals surface area contributed by atoms with Crippen LogP contribution in [0.1, 0.15) is 62.3 Å². The fraction of sp³-hybridized carbons (Fsp3) is 0.375. The van der Waals surface area contributed by atoms with Gasteiger partial charge in [0.15, 0.2) is 0 Å². The Labute approximate surface area is 239 Å². The smallest absolute Gasteiger partial charge is 0.264 e. The molecule has 3 rings (SSSR count). The van der Waals surface area contributed by atoms with Crippen molar-refractivity contribution in [2.45, 2.75) is 71.4 Å². The number of rotatable bonds is 12. The third kappa shape index (κ3) is 7.50. The van der Waals surface area contributed by atoms with Crippen molar-refractivity contribution in [3.05, 3.63) is 95.1 Å². The molecule has 7 nitrogen and oxygen atoms in total. The Balaban J connectivity index is 2.07. The summed E-state index contributed by atoms with van der Waals surface area (Å²) in [5.41, 5.74) is 4.28. The summed E-state index contributed by atoms with van der Waals surface area (Å²) in [5.74, 6) is -0.450. The van der Waals surface area contributed by atoms with Gasteiger partial charge >= 0.3 is 0 Å². The Kier molecular flexibility index (Phi) is 10.5. The topological polar surface area (TPSA) is 86.8 Å². The number of hydrogen-bond donors (Lipinski definition) is 1. The first-order valence-electron chi connectivity index (χ1n) is 13.8. The highest BCUT2D eigenvalue weighted by Crippen LogP contribution is 2.27. The molecule has 2 amide bonds. The summed E-state index contributed by atoms with van der Waals surface area (Å²) >= 11 is 0. The number of sulfonamides is 1. The molecule has 3 aromatic rings. The minimum Gasteiger partial charge on any atom is -0.355 e. The predicted molar refractivity (Wildman–Crippen MR) is 161 cm³/mol. The second-order valence-corrected chi connectivity index (χ2v) is 12.3. The van der Waals surface area contributed by atoms with Crippen LogP contribution in [0.3, 0.4) is 0 Å². The second kappa shape index (κ2) is 13.6. The molecule has 0 aromatic heterocycles. The molecule has 0 heterocycles. The van der Waals surface area contributed by atoms with Crippen LogP contribution in [0, 0.1) is 13.8 Å². The summed E-state index contributed by atoms with van der Waals surface area (Å²) in [6.45, 7) is 11.8. The lowest BCUT2D eigenvalue weighted by atomic mass is 10.0. The Morgan fingerprint density at radius 2 is 1.52 bits per heavy atom. The van der Waals surface area contributed by atoms with Crippen molar-refractivity contribution < 1.29 is 18.0 Å². The number of nitrogens with one attached hydrogen (secondary N) is 1. The van der Waals surface area contributed by atoms with Gasteiger partial charge in [-0.25, -0.2) is 8.42 Å². The Morgan fingerprint density at radius 1 is 0.875 bits per heavy atom. The van der Waals surface area contributed by atoms with Crippen LogP contribution in [0.4, 0.5) is 5.69 Å². The molecule has 3 aromatic carbocycles. The summed E-state index contributed by atoms with van der Waals surface area (Å²) in [6.07, 6.45) is 0.386. The number of benzene rings is 3. The van der Waals surface area contributed by atoms with Crippen LogP contribution in [-0.4, -0.2) is 44.3 Å². The van der Waals surface area contributed by atoms with E-state index in [4.69, 9.17) is 0 Å². The molecular formula is C32H41N3O4S. The van der Waals surface area contributed by atoms with Gasteiger partial charge in [0, 0.05) is 13.1 Å². The maximum absolute atomic E-state index is 14.1. The van der Waals surface area contributed by atoms with Crippen LogP contribution in [0.5, 0.6) is 0 Å². The normalized spacial score (nSPS) is 12.2. The first kappa shape index (κ1) is 30.9. The van der Waals surface area contributed by atoms with Gasteiger partial charge in [0.05, 0.1) is 10.6 Å². The first-order chi connectivity index (χ1) is 19.0. The van der Waals surface area contributed by atoms with Gasteiger partial charge in [0.2, 0.25) is 11.8 Å². The quantitative estimate of drug-likeness (QED) is 0.312. The predicted octanol–water partition coefficient (Wildman–Crippen LogP) is 5.57. The zero-order valence-electron chi connectivity index (χ0n) is 24.3. The summed E-state index contributed by atoms with van der Waals surface area (Å²) in [7, 11) is -4.09. The average molecular weight is 564 g/mol. The number of likely N-dealkylation sites (N-methyl/N-ethyl adjacent to an activating group) is 1. The maximum Gasteiger partial charge on any atom is 0.264 e. The largest absolute Gasteiger partial charge is 0.355 e. The molecule has 0 saturated heterocycles. The van der Waals surface area contributed by atoms with Gasteiger partial charge in [-0.05, 0) is 68.5 Å². The van der Waals surface area contributed by atoms with E-state index in [1.54, 1.807) is 36.4 Å². The summed E-state index contributed by atoms with van der Waals surface area (Å²) in [4.78, 5) is 28.7. The number of carbonyl (C=O) groups excluding carboxylic acids is 2. The molecule has 214 valence electrons. The van der Waals surface area contributed by atoms with Gasteiger partial charge < -0.3 is 10.2 Å². The number of hydrogen-bond acceptors (Lipinski definition) is 4. The van der Waals surface area contributed by atoms with Crippen molar-refractivity contribution in [2.75, 3.05) is 17.4 Å². The molecule has 0 aliphatic carbocycles. The standard InChI is InChI=1S/C32H41N3O4S/c1-7-30(32(37)33-8-2)34(21-26-11-9-10-25(6)20-26)31(36)22-35(28-16-14-27(15-17-28)23(3)4)40(38,39)29-18-12-24(5)13-19-29/h9-20,23,30H,7-8,21-22H2,1-6H3,(H,33,37)/t30-/m0/s1. The number of nitrogens with zero attached hydrogens (tertiary/aromatic N) is 2.